The van der Waals surface area contributed by atoms with Gasteiger partial charge in [-0.05, 0) is 26.3 Å². The van der Waals surface area contributed by atoms with Gasteiger partial charge in [0, 0.05) is 5.92 Å². The van der Waals surface area contributed by atoms with Gasteiger partial charge in [-0.2, -0.15) is 0 Å². The maximum atomic E-state index is 10.3. The monoisotopic (exact) mass is 168 g/mol. The molecule has 0 spiro atoms. The van der Waals surface area contributed by atoms with Crippen molar-refractivity contribution in [2.24, 2.45) is 5.92 Å². The minimum Gasteiger partial charge on any atom is -0.390 e. The molecule has 0 radical (unpaired) electrons. The lowest BCUT2D eigenvalue weighted by Crippen LogP contribution is -2.28. The number of hydrogen-bond acceptors (Lipinski definition) is 2. The van der Waals surface area contributed by atoms with Crippen molar-refractivity contribution < 1.29 is 9.90 Å². The highest BCUT2D eigenvalue weighted by Gasteiger charge is 2.21. The normalized spacial score (nSPS) is 15.5. The molecule has 0 bridgehead atoms. The van der Waals surface area contributed by atoms with Crippen LogP contribution < -0.4 is 0 Å². The van der Waals surface area contributed by atoms with Crippen LogP contribution >= 0.6 is 0 Å². The lowest BCUT2D eigenvalue weighted by Gasteiger charge is -2.23. The molecule has 0 aliphatic carbocycles. The molecule has 2 heteroatoms. The number of hydrogen-bond donors (Lipinski definition) is 1. The first-order chi connectivity index (χ1) is 5.41. The summed E-state index contributed by atoms with van der Waals surface area (Å²) in [4.78, 5) is 10.3. The van der Waals surface area contributed by atoms with Crippen molar-refractivity contribution in [3.05, 3.63) is 24.3 Å². The molecule has 0 aromatic rings. The topological polar surface area (TPSA) is 37.3 Å². The zero-order valence-electron chi connectivity index (χ0n) is 7.87. The standard InChI is InChI=1S/C10H16O2/c1-5-9(10(3,4)12)6-8(2)7-11/h5-7,9,12H,1H2,2-4H3/b8-6-/t9-/m1/s1. The van der Waals surface area contributed by atoms with E-state index in [1.54, 1.807) is 32.9 Å². The van der Waals surface area contributed by atoms with Gasteiger partial charge < -0.3 is 5.11 Å². The Kier molecular flexibility index (Phi) is 3.90. The SMILES string of the molecule is C=C[C@H](/C=C(/C)C=O)C(C)(C)O. The van der Waals surface area contributed by atoms with Crippen molar-refractivity contribution in [1.29, 1.82) is 0 Å². The second kappa shape index (κ2) is 4.21. The first-order valence-corrected chi connectivity index (χ1v) is 3.90. The van der Waals surface area contributed by atoms with Crippen molar-refractivity contribution in [1.82, 2.24) is 0 Å². The van der Waals surface area contributed by atoms with Crippen molar-refractivity contribution in [2.75, 3.05) is 0 Å². The maximum Gasteiger partial charge on any atom is 0.145 e. The van der Waals surface area contributed by atoms with E-state index in [1.165, 1.54) is 0 Å². The third-order valence-corrected chi connectivity index (χ3v) is 1.70. The third kappa shape index (κ3) is 3.49. The Bertz CT molecular complexity index is 196. The number of carbonyl (C=O) groups is 1. The minimum atomic E-state index is -0.855. The fourth-order valence-electron chi connectivity index (χ4n) is 0.883. The van der Waals surface area contributed by atoms with Gasteiger partial charge in [-0.3, -0.25) is 4.79 Å². The Morgan fingerprint density at radius 3 is 2.33 bits per heavy atom. The van der Waals surface area contributed by atoms with Gasteiger partial charge in [0.2, 0.25) is 0 Å². The zero-order chi connectivity index (χ0) is 9.78. The Morgan fingerprint density at radius 2 is 2.08 bits per heavy atom. The molecular formula is C10H16O2. The summed E-state index contributed by atoms with van der Waals surface area (Å²) in [5, 5.41) is 9.59. The smallest absolute Gasteiger partial charge is 0.145 e. The van der Waals surface area contributed by atoms with Crippen molar-refractivity contribution in [3.8, 4) is 0 Å². The first-order valence-electron chi connectivity index (χ1n) is 3.90. The Hall–Kier alpha value is -0.890. The van der Waals surface area contributed by atoms with Crippen LogP contribution in [0.1, 0.15) is 20.8 Å². The minimum absolute atomic E-state index is 0.178. The van der Waals surface area contributed by atoms with Gasteiger partial charge in [0.1, 0.15) is 6.29 Å². The van der Waals surface area contributed by atoms with Gasteiger partial charge in [-0.15, -0.1) is 6.58 Å². The summed E-state index contributed by atoms with van der Waals surface area (Å²) in [6.45, 7) is 8.67. The van der Waals surface area contributed by atoms with Crippen LogP contribution in [0.2, 0.25) is 0 Å². The number of allylic oxidation sites excluding steroid dienone is 1. The van der Waals surface area contributed by atoms with Gasteiger partial charge in [0.25, 0.3) is 0 Å². The Morgan fingerprint density at radius 1 is 1.58 bits per heavy atom. The van der Waals surface area contributed by atoms with E-state index in [2.05, 4.69) is 6.58 Å². The summed E-state index contributed by atoms with van der Waals surface area (Å²) in [5.41, 5.74) is -0.242. The summed E-state index contributed by atoms with van der Waals surface area (Å²) in [6, 6.07) is 0. The third-order valence-electron chi connectivity index (χ3n) is 1.70. The van der Waals surface area contributed by atoms with Crippen LogP contribution in [0.15, 0.2) is 24.3 Å². The van der Waals surface area contributed by atoms with Crippen molar-refractivity contribution >= 4 is 6.29 Å². The highest BCUT2D eigenvalue weighted by Crippen LogP contribution is 2.19. The molecule has 0 aromatic carbocycles. The Balaban J connectivity index is 4.59. The molecule has 1 N–H and O–H groups in total. The van der Waals surface area contributed by atoms with Crippen molar-refractivity contribution in [3.63, 3.8) is 0 Å². The van der Waals surface area contributed by atoms with Crippen LogP contribution in [-0.2, 0) is 4.79 Å². The number of rotatable bonds is 4. The molecule has 1 atom stereocenters. The van der Waals surface area contributed by atoms with Crippen molar-refractivity contribution in [2.45, 2.75) is 26.4 Å². The van der Waals surface area contributed by atoms with Crippen LogP contribution in [0.3, 0.4) is 0 Å². The molecule has 12 heavy (non-hydrogen) atoms. The van der Waals surface area contributed by atoms with Crippen LogP contribution in [0, 0.1) is 5.92 Å². The lowest BCUT2D eigenvalue weighted by molar-refractivity contribution is -0.104. The van der Waals surface area contributed by atoms with Crippen LogP contribution in [-0.4, -0.2) is 17.0 Å². The molecule has 0 amide bonds. The highest BCUT2D eigenvalue weighted by molar-refractivity contribution is 5.72. The first kappa shape index (κ1) is 11.1. The molecule has 0 heterocycles. The highest BCUT2D eigenvalue weighted by atomic mass is 16.3. The molecular weight excluding hydrogens is 152 g/mol. The number of carbonyl (C=O) groups excluding carboxylic acids is 1. The van der Waals surface area contributed by atoms with E-state index in [0.29, 0.717) is 5.57 Å². The zero-order valence-corrected chi connectivity index (χ0v) is 7.87. The fourth-order valence-corrected chi connectivity index (χ4v) is 0.883. The summed E-state index contributed by atoms with van der Waals surface area (Å²) in [6.07, 6.45) is 4.11. The second-order valence-corrected chi connectivity index (χ2v) is 3.44. The summed E-state index contributed by atoms with van der Waals surface area (Å²) in [5.74, 6) is -0.178. The van der Waals surface area contributed by atoms with Crippen LogP contribution in [0.25, 0.3) is 0 Å². The van der Waals surface area contributed by atoms with E-state index in [1.807, 2.05) is 0 Å². The molecule has 68 valence electrons. The predicted molar refractivity (Wildman–Crippen MR) is 49.8 cm³/mol. The van der Waals surface area contributed by atoms with E-state index in [0.717, 1.165) is 6.29 Å². The Labute approximate surface area is 73.6 Å². The molecule has 0 aliphatic heterocycles. The number of aldehydes is 1. The van der Waals surface area contributed by atoms with Gasteiger partial charge in [0.15, 0.2) is 0 Å². The van der Waals surface area contributed by atoms with Crippen LogP contribution in [0.4, 0.5) is 0 Å². The average molecular weight is 168 g/mol. The van der Waals surface area contributed by atoms with E-state index < -0.39 is 5.60 Å². The predicted octanol–water partition coefficient (Wildman–Crippen LogP) is 1.70. The molecule has 2 nitrogen and oxygen atoms in total. The van der Waals surface area contributed by atoms with E-state index in [-0.39, 0.29) is 5.92 Å². The van der Waals surface area contributed by atoms with Gasteiger partial charge >= 0.3 is 0 Å². The van der Waals surface area contributed by atoms with Gasteiger partial charge in [0.05, 0.1) is 5.60 Å². The maximum absolute atomic E-state index is 10.3. The summed E-state index contributed by atoms with van der Waals surface area (Å²) < 4.78 is 0. The second-order valence-electron chi connectivity index (χ2n) is 3.44. The number of aliphatic hydroxyl groups is 1. The van der Waals surface area contributed by atoms with Gasteiger partial charge in [-0.25, -0.2) is 0 Å². The van der Waals surface area contributed by atoms with E-state index >= 15 is 0 Å². The van der Waals surface area contributed by atoms with Gasteiger partial charge in [-0.1, -0.05) is 12.2 Å². The molecule has 0 rings (SSSR count). The molecule has 0 fully saturated rings. The van der Waals surface area contributed by atoms with Crippen LogP contribution in [0.5, 0.6) is 0 Å². The largest absolute Gasteiger partial charge is 0.390 e. The lowest BCUT2D eigenvalue weighted by atomic mass is 9.90. The molecule has 0 unspecified atom stereocenters. The summed E-state index contributed by atoms with van der Waals surface area (Å²) >= 11 is 0. The quantitative estimate of drug-likeness (QED) is 0.394. The van der Waals surface area contributed by atoms with E-state index in [4.69, 9.17) is 0 Å². The average Bonchev–Trinajstić information content (AvgIpc) is 1.97. The molecule has 0 saturated heterocycles. The summed E-state index contributed by atoms with van der Waals surface area (Å²) in [7, 11) is 0. The molecule has 0 aromatic heterocycles. The molecule has 0 saturated carbocycles. The fraction of sp³-hybridized carbons (Fsp3) is 0.500. The molecule has 0 aliphatic rings. The van der Waals surface area contributed by atoms with E-state index in [9.17, 15) is 9.90 Å².